The fourth-order valence-corrected chi connectivity index (χ4v) is 3.87. The molecule has 2 aromatic carbocycles. The van der Waals surface area contributed by atoms with Crippen LogP contribution in [0, 0.1) is 17.5 Å². The van der Waals surface area contributed by atoms with E-state index >= 15 is 0 Å². The maximum Gasteiger partial charge on any atom is 0.336 e. The van der Waals surface area contributed by atoms with Gasteiger partial charge in [-0.15, -0.1) is 0 Å². The molecule has 2 aromatic rings. The van der Waals surface area contributed by atoms with Crippen LogP contribution in [0.1, 0.15) is 50.2 Å². The number of esters is 1. The van der Waals surface area contributed by atoms with E-state index in [1.165, 1.54) is 29.2 Å². The Kier molecular flexibility index (Phi) is 7.15. The van der Waals surface area contributed by atoms with Crippen molar-refractivity contribution in [2.45, 2.75) is 45.6 Å². The molecular formula is C24H24F3NO3. The van der Waals surface area contributed by atoms with E-state index in [-0.39, 0.29) is 25.5 Å². The van der Waals surface area contributed by atoms with Crippen LogP contribution < -0.4 is 0 Å². The fourth-order valence-electron chi connectivity index (χ4n) is 3.87. The molecular weight excluding hydrogens is 407 g/mol. The lowest BCUT2D eigenvalue weighted by atomic mass is 9.82. The van der Waals surface area contributed by atoms with E-state index in [0.29, 0.717) is 35.2 Å². The molecule has 1 amide bonds. The predicted octanol–water partition coefficient (Wildman–Crippen LogP) is 5.24. The number of nitrogens with zero attached hydrogens (tertiary/aromatic N) is 1. The number of carbonyl (C=O) groups excluding carboxylic acids is 2. The van der Waals surface area contributed by atoms with Crippen LogP contribution in [0.5, 0.6) is 0 Å². The van der Waals surface area contributed by atoms with Gasteiger partial charge < -0.3 is 9.64 Å². The molecule has 1 heterocycles. The highest BCUT2D eigenvalue weighted by Crippen LogP contribution is 2.39. The topological polar surface area (TPSA) is 46.6 Å². The number of ether oxygens (including phenoxy) is 1. The molecule has 0 fully saturated rings. The monoisotopic (exact) mass is 431 g/mol. The van der Waals surface area contributed by atoms with Crippen molar-refractivity contribution in [2.75, 3.05) is 6.61 Å². The second-order valence-electron chi connectivity index (χ2n) is 7.37. The summed E-state index contributed by atoms with van der Waals surface area (Å²) in [6.45, 7) is 3.73. The van der Waals surface area contributed by atoms with Gasteiger partial charge in [-0.3, -0.25) is 4.79 Å². The molecule has 31 heavy (non-hydrogen) atoms. The predicted molar refractivity (Wildman–Crippen MR) is 109 cm³/mol. The Morgan fingerprint density at radius 2 is 1.87 bits per heavy atom. The van der Waals surface area contributed by atoms with Gasteiger partial charge in [-0.25, -0.2) is 18.0 Å². The summed E-state index contributed by atoms with van der Waals surface area (Å²) in [5, 5.41) is 0. The highest BCUT2D eigenvalue weighted by molar-refractivity contribution is 5.96. The van der Waals surface area contributed by atoms with E-state index in [2.05, 4.69) is 0 Å². The number of hydrogen-bond acceptors (Lipinski definition) is 3. The summed E-state index contributed by atoms with van der Waals surface area (Å²) in [4.78, 5) is 27.5. The van der Waals surface area contributed by atoms with Crippen molar-refractivity contribution < 1.29 is 27.5 Å². The number of amides is 1. The van der Waals surface area contributed by atoms with Gasteiger partial charge in [0.15, 0.2) is 11.6 Å². The zero-order valence-corrected chi connectivity index (χ0v) is 17.5. The smallest absolute Gasteiger partial charge is 0.336 e. The summed E-state index contributed by atoms with van der Waals surface area (Å²) < 4.78 is 46.2. The first-order valence-corrected chi connectivity index (χ1v) is 10.3. The molecule has 0 N–H and O–H groups in total. The molecule has 164 valence electrons. The molecule has 7 heteroatoms. The molecule has 1 aliphatic rings. The summed E-state index contributed by atoms with van der Waals surface area (Å²) in [5.41, 5.74) is 1.68. The van der Waals surface area contributed by atoms with Crippen molar-refractivity contribution in [3.8, 4) is 0 Å². The van der Waals surface area contributed by atoms with Crippen molar-refractivity contribution in [3.05, 3.63) is 82.3 Å². The van der Waals surface area contributed by atoms with Crippen LogP contribution in [-0.2, 0) is 20.9 Å². The van der Waals surface area contributed by atoms with Gasteiger partial charge in [-0.1, -0.05) is 31.5 Å². The first-order valence-electron chi connectivity index (χ1n) is 10.3. The average Bonchev–Trinajstić information content (AvgIpc) is 2.73. The molecule has 1 atom stereocenters. The highest BCUT2D eigenvalue weighted by atomic mass is 19.2. The van der Waals surface area contributed by atoms with Crippen LogP contribution in [0.15, 0.2) is 53.7 Å². The second-order valence-corrected chi connectivity index (χ2v) is 7.37. The van der Waals surface area contributed by atoms with Gasteiger partial charge in [0.05, 0.1) is 18.7 Å². The number of allylic oxidation sites excluding steroid dienone is 1. The lowest BCUT2D eigenvalue weighted by molar-refractivity contribution is -0.140. The Morgan fingerprint density at radius 1 is 1.10 bits per heavy atom. The summed E-state index contributed by atoms with van der Waals surface area (Å²) in [5.74, 6) is -3.94. The quantitative estimate of drug-likeness (QED) is 0.564. The number of halogens is 3. The highest BCUT2D eigenvalue weighted by Gasteiger charge is 2.38. The van der Waals surface area contributed by atoms with Gasteiger partial charge >= 0.3 is 5.97 Å². The fraction of sp³-hybridized carbons (Fsp3) is 0.333. The van der Waals surface area contributed by atoms with Gasteiger partial charge in [0.2, 0.25) is 5.91 Å². The van der Waals surface area contributed by atoms with Crippen molar-refractivity contribution in [2.24, 2.45) is 0 Å². The Bertz CT molecular complexity index is 1020. The first kappa shape index (κ1) is 22.6. The zero-order chi connectivity index (χ0) is 22.5. The summed E-state index contributed by atoms with van der Waals surface area (Å²) >= 11 is 0. The standard InChI is InChI=1S/C24H24F3NO3/c1-3-6-21-23(24(30)31-4-2)18(16-7-5-8-17(25)12-16)13-22(29)28(21)14-15-9-10-19(26)20(27)11-15/h5,7-12,18H,3-4,6,13-14H2,1-2H3. The van der Waals surface area contributed by atoms with Crippen molar-refractivity contribution >= 4 is 11.9 Å². The summed E-state index contributed by atoms with van der Waals surface area (Å²) in [6, 6.07) is 9.26. The van der Waals surface area contributed by atoms with E-state index in [1.807, 2.05) is 6.92 Å². The first-order chi connectivity index (χ1) is 14.8. The Labute approximate surface area is 179 Å². The summed E-state index contributed by atoms with van der Waals surface area (Å²) in [6.07, 6.45) is 0.972. The molecule has 1 aliphatic heterocycles. The molecule has 3 rings (SSSR count). The molecule has 0 spiro atoms. The molecule has 0 saturated carbocycles. The van der Waals surface area contributed by atoms with Crippen LogP contribution in [0.2, 0.25) is 0 Å². The third-order valence-electron chi connectivity index (χ3n) is 5.22. The maximum absolute atomic E-state index is 13.9. The van der Waals surface area contributed by atoms with Crippen molar-refractivity contribution in [1.29, 1.82) is 0 Å². The minimum Gasteiger partial charge on any atom is -0.463 e. The van der Waals surface area contributed by atoms with Gasteiger partial charge in [0, 0.05) is 18.0 Å². The third kappa shape index (κ3) is 4.98. The Morgan fingerprint density at radius 3 is 2.52 bits per heavy atom. The second kappa shape index (κ2) is 9.81. The zero-order valence-electron chi connectivity index (χ0n) is 17.5. The molecule has 0 radical (unpaired) electrons. The lowest BCUT2D eigenvalue weighted by Crippen LogP contribution is -2.39. The Hall–Kier alpha value is -3.09. The van der Waals surface area contributed by atoms with Crippen molar-refractivity contribution in [1.82, 2.24) is 4.90 Å². The number of benzene rings is 2. The minimum absolute atomic E-state index is 0.00978. The van der Waals surface area contributed by atoms with Crippen LogP contribution in [0.3, 0.4) is 0 Å². The van der Waals surface area contributed by atoms with Gasteiger partial charge in [-0.05, 0) is 48.7 Å². The maximum atomic E-state index is 13.9. The van der Waals surface area contributed by atoms with Gasteiger partial charge in [0.25, 0.3) is 0 Å². The van der Waals surface area contributed by atoms with E-state index in [1.54, 1.807) is 13.0 Å². The van der Waals surface area contributed by atoms with Crippen LogP contribution in [0.4, 0.5) is 13.2 Å². The number of hydrogen-bond donors (Lipinski definition) is 0. The molecule has 0 bridgehead atoms. The van der Waals surface area contributed by atoms with E-state index in [0.717, 1.165) is 12.1 Å². The lowest BCUT2D eigenvalue weighted by Gasteiger charge is -2.36. The molecule has 4 nitrogen and oxygen atoms in total. The molecule has 0 saturated heterocycles. The van der Waals surface area contributed by atoms with Crippen LogP contribution in [-0.4, -0.2) is 23.4 Å². The Balaban J connectivity index is 2.11. The molecule has 0 aromatic heterocycles. The normalized spacial score (nSPS) is 16.6. The third-order valence-corrected chi connectivity index (χ3v) is 5.22. The van der Waals surface area contributed by atoms with Crippen LogP contribution >= 0.6 is 0 Å². The number of rotatable bonds is 7. The largest absolute Gasteiger partial charge is 0.463 e. The average molecular weight is 431 g/mol. The SMILES string of the molecule is CCCC1=C(C(=O)OCC)C(c2cccc(F)c2)CC(=O)N1Cc1ccc(F)c(F)c1. The van der Waals surface area contributed by atoms with E-state index in [4.69, 9.17) is 4.74 Å². The van der Waals surface area contributed by atoms with Gasteiger partial charge in [-0.2, -0.15) is 0 Å². The number of carbonyl (C=O) groups is 2. The molecule has 0 aliphatic carbocycles. The van der Waals surface area contributed by atoms with E-state index in [9.17, 15) is 22.8 Å². The van der Waals surface area contributed by atoms with Crippen LogP contribution in [0.25, 0.3) is 0 Å². The molecule has 1 unspecified atom stereocenters. The van der Waals surface area contributed by atoms with Crippen molar-refractivity contribution in [3.63, 3.8) is 0 Å². The minimum atomic E-state index is -1.01. The summed E-state index contributed by atoms with van der Waals surface area (Å²) in [7, 11) is 0. The van der Waals surface area contributed by atoms with E-state index < -0.39 is 29.3 Å². The van der Waals surface area contributed by atoms with Gasteiger partial charge in [0.1, 0.15) is 5.82 Å².